The van der Waals surface area contributed by atoms with Crippen LogP contribution in [0.3, 0.4) is 0 Å². The molecule has 2 aromatic heterocycles. The minimum atomic E-state index is -0.494. The number of fused-ring (bicyclic) bond motifs is 2. The highest BCUT2D eigenvalue weighted by molar-refractivity contribution is 9.10. The Balaban J connectivity index is 1.72. The quantitative estimate of drug-likeness (QED) is 0.240. The molecule has 0 fully saturated rings. The number of halogens is 2. The van der Waals surface area contributed by atoms with E-state index >= 15 is 0 Å². The van der Waals surface area contributed by atoms with Crippen molar-refractivity contribution in [1.82, 2.24) is 9.55 Å². The van der Waals surface area contributed by atoms with Gasteiger partial charge in [0.15, 0.2) is 16.9 Å². The van der Waals surface area contributed by atoms with Crippen LogP contribution in [0.5, 0.6) is 11.5 Å². The molecule has 0 atom stereocenters. The zero-order valence-electron chi connectivity index (χ0n) is 19.4. The third kappa shape index (κ3) is 4.27. The lowest BCUT2D eigenvalue weighted by Crippen LogP contribution is -2.28. The lowest BCUT2D eigenvalue weighted by molar-refractivity contribution is 0.354. The molecule has 5 aromatic rings. The molecule has 0 aliphatic heterocycles. The van der Waals surface area contributed by atoms with E-state index in [2.05, 4.69) is 20.9 Å². The molecular weight excluding hydrogens is 548 g/mol. The van der Waals surface area contributed by atoms with Crippen molar-refractivity contribution in [1.29, 1.82) is 0 Å². The summed E-state index contributed by atoms with van der Waals surface area (Å²) in [5, 5.41) is 0.618. The second-order valence-electron chi connectivity index (χ2n) is 8.06. The first-order valence-corrected chi connectivity index (χ1v) is 12.2. The van der Waals surface area contributed by atoms with Crippen LogP contribution in [0, 0.1) is 0 Å². The lowest BCUT2D eigenvalue weighted by atomic mass is 10.1. The van der Waals surface area contributed by atoms with Crippen LogP contribution in [-0.4, -0.2) is 23.8 Å². The molecule has 0 bridgehead atoms. The molecule has 2 heterocycles. The molecule has 0 aliphatic carbocycles. The van der Waals surface area contributed by atoms with Crippen molar-refractivity contribution in [3.63, 3.8) is 0 Å². The fourth-order valence-electron chi connectivity index (χ4n) is 4.14. The van der Waals surface area contributed by atoms with Gasteiger partial charge in [-0.25, -0.2) is 0 Å². The number of aromatic nitrogens is 2. The minimum absolute atomic E-state index is 0.0305. The Morgan fingerprint density at radius 3 is 2.53 bits per heavy atom. The number of benzene rings is 3. The molecule has 9 heteroatoms. The first kappa shape index (κ1) is 24.1. The van der Waals surface area contributed by atoms with Crippen molar-refractivity contribution in [2.75, 3.05) is 14.2 Å². The molecule has 0 radical (unpaired) electrons. The number of ether oxygens (including phenoxy) is 2. The number of methoxy groups -OCH3 is 2. The highest BCUT2D eigenvalue weighted by atomic mass is 79.9. The largest absolute Gasteiger partial charge is 0.493 e. The maximum absolute atomic E-state index is 13.8. The first-order valence-electron chi connectivity index (χ1n) is 11.0. The van der Waals surface area contributed by atoms with Crippen LogP contribution in [0.2, 0.25) is 5.02 Å². The van der Waals surface area contributed by atoms with E-state index in [-0.39, 0.29) is 17.6 Å². The van der Waals surface area contributed by atoms with Gasteiger partial charge in [-0.15, -0.1) is 0 Å². The van der Waals surface area contributed by atoms with Gasteiger partial charge in [-0.2, -0.15) is 4.98 Å². The van der Waals surface area contributed by atoms with E-state index in [0.717, 1.165) is 5.56 Å². The van der Waals surface area contributed by atoms with Gasteiger partial charge < -0.3 is 13.9 Å². The van der Waals surface area contributed by atoms with E-state index in [0.29, 0.717) is 49.8 Å². The zero-order chi connectivity index (χ0) is 25.4. The molecule has 0 N–H and O–H groups in total. The summed E-state index contributed by atoms with van der Waals surface area (Å²) in [6.45, 7) is 0.244. The smallest absolute Gasteiger partial charge is 0.269 e. The topological polar surface area (TPSA) is 83.6 Å². The minimum Gasteiger partial charge on any atom is -0.493 e. The molecule has 7 nitrogen and oxygen atoms in total. The van der Waals surface area contributed by atoms with Gasteiger partial charge in [0, 0.05) is 16.6 Å². The van der Waals surface area contributed by atoms with Gasteiger partial charge in [-0.3, -0.25) is 14.2 Å². The molecule has 0 unspecified atom stereocenters. The molecule has 3 aromatic carbocycles. The van der Waals surface area contributed by atoms with Gasteiger partial charge in [0.05, 0.1) is 24.6 Å². The predicted molar refractivity (Wildman–Crippen MR) is 143 cm³/mol. The summed E-state index contributed by atoms with van der Waals surface area (Å²) in [6, 6.07) is 17.7. The van der Waals surface area contributed by atoms with Crippen LogP contribution in [0.1, 0.15) is 5.56 Å². The number of hydrogen-bond acceptors (Lipinski definition) is 6. The number of aryl methyl sites for hydroxylation is 1. The average molecular weight is 568 g/mol. The fourth-order valence-corrected chi connectivity index (χ4v) is 4.72. The van der Waals surface area contributed by atoms with Gasteiger partial charge >= 0.3 is 0 Å². The van der Waals surface area contributed by atoms with Gasteiger partial charge in [0.25, 0.3) is 5.56 Å². The third-order valence-electron chi connectivity index (χ3n) is 5.94. The SMILES string of the molecule is COc1ccc(CCn2c(-c3ccccc3Cl)nc3oc4ccc(Br)cc4c(=O)c3c2=O)cc1OC. The summed E-state index contributed by atoms with van der Waals surface area (Å²) in [4.78, 5) is 31.8. The van der Waals surface area contributed by atoms with E-state index in [9.17, 15) is 9.59 Å². The Hall–Kier alpha value is -3.62. The van der Waals surface area contributed by atoms with Crippen molar-refractivity contribution in [3.05, 3.63) is 96.3 Å². The molecule has 0 aliphatic rings. The van der Waals surface area contributed by atoms with Crippen molar-refractivity contribution in [3.8, 4) is 22.9 Å². The average Bonchev–Trinajstić information content (AvgIpc) is 2.88. The lowest BCUT2D eigenvalue weighted by Gasteiger charge is -2.15. The second kappa shape index (κ2) is 9.79. The van der Waals surface area contributed by atoms with E-state index in [1.807, 2.05) is 24.3 Å². The Bertz CT molecular complexity index is 1750. The Kier molecular flexibility index (Phi) is 6.55. The van der Waals surface area contributed by atoms with E-state index < -0.39 is 11.0 Å². The summed E-state index contributed by atoms with van der Waals surface area (Å²) in [5.74, 6) is 1.51. The van der Waals surface area contributed by atoms with Gasteiger partial charge in [0.2, 0.25) is 11.1 Å². The first-order chi connectivity index (χ1) is 17.4. The molecular formula is C27H20BrClN2O5. The summed E-state index contributed by atoms with van der Waals surface area (Å²) in [7, 11) is 3.14. The second-order valence-corrected chi connectivity index (χ2v) is 9.39. The van der Waals surface area contributed by atoms with Gasteiger partial charge in [-0.1, -0.05) is 45.7 Å². The monoisotopic (exact) mass is 566 g/mol. The Morgan fingerprint density at radius 1 is 1.00 bits per heavy atom. The van der Waals surface area contributed by atoms with Crippen LogP contribution in [0.15, 0.2) is 79.1 Å². The maximum Gasteiger partial charge on any atom is 0.269 e. The molecule has 36 heavy (non-hydrogen) atoms. The van der Waals surface area contributed by atoms with Gasteiger partial charge in [0.1, 0.15) is 11.4 Å². The molecule has 5 rings (SSSR count). The van der Waals surface area contributed by atoms with E-state index in [4.69, 9.17) is 25.5 Å². The van der Waals surface area contributed by atoms with Crippen LogP contribution in [0.25, 0.3) is 33.5 Å². The van der Waals surface area contributed by atoms with Crippen molar-refractivity contribution >= 4 is 49.6 Å². The van der Waals surface area contributed by atoms with Crippen molar-refractivity contribution in [2.24, 2.45) is 0 Å². The summed E-state index contributed by atoms with van der Waals surface area (Å²) < 4.78 is 18.8. The highest BCUT2D eigenvalue weighted by Gasteiger charge is 2.20. The van der Waals surface area contributed by atoms with Crippen LogP contribution in [-0.2, 0) is 13.0 Å². The standard InChI is InChI=1S/C27H20BrClN2O5/c1-34-21-9-7-15(13-22(21)35-2)11-12-31-25(17-5-3-4-6-19(17)29)30-26-23(27(31)33)24(32)18-14-16(28)8-10-20(18)36-26/h3-10,13-14H,11-12H2,1-2H3. The molecule has 182 valence electrons. The van der Waals surface area contributed by atoms with Gasteiger partial charge in [-0.05, 0) is 54.4 Å². The fraction of sp³-hybridized carbons (Fsp3) is 0.148. The third-order valence-corrected chi connectivity index (χ3v) is 6.77. The van der Waals surface area contributed by atoms with E-state index in [1.165, 1.54) is 4.57 Å². The summed E-state index contributed by atoms with van der Waals surface area (Å²) >= 11 is 9.86. The summed E-state index contributed by atoms with van der Waals surface area (Å²) in [5.41, 5.74) is 0.859. The van der Waals surface area contributed by atoms with Crippen LogP contribution in [0.4, 0.5) is 0 Å². The highest BCUT2D eigenvalue weighted by Crippen LogP contribution is 2.30. The number of nitrogens with zero attached hydrogens (tertiary/aromatic N) is 2. The predicted octanol–water partition coefficient (Wildman–Crippen LogP) is 5.85. The number of hydrogen-bond donors (Lipinski definition) is 0. The molecule has 0 spiro atoms. The van der Waals surface area contributed by atoms with Crippen LogP contribution >= 0.6 is 27.5 Å². The number of rotatable bonds is 6. The molecule has 0 saturated carbocycles. The normalized spacial score (nSPS) is 11.2. The Labute approximate surface area is 219 Å². The van der Waals surface area contributed by atoms with Crippen LogP contribution < -0.4 is 20.5 Å². The van der Waals surface area contributed by atoms with Crippen molar-refractivity contribution < 1.29 is 13.9 Å². The van der Waals surface area contributed by atoms with E-state index in [1.54, 1.807) is 50.6 Å². The zero-order valence-corrected chi connectivity index (χ0v) is 21.7. The maximum atomic E-state index is 13.8. The Morgan fingerprint density at radius 2 is 1.78 bits per heavy atom. The van der Waals surface area contributed by atoms with Crippen molar-refractivity contribution in [2.45, 2.75) is 13.0 Å². The molecule has 0 saturated heterocycles. The summed E-state index contributed by atoms with van der Waals surface area (Å²) in [6.07, 6.45) is 0.468. The molecule has 0 amide bonds.